The SMILES string of the molecule is CC.CC.CC.c1ccc2c(c1)CCC2. The summed E-state index contributed by atoms with van der Waals surface area (Å²) < 4.78 is 0. The second-order valence-corrected chi connectivity index (χ2v) is 2.62. The summed E-state index contributed by atoms with van der Waals surface area (Å²) in [4.78, 5) is 0. The number of hydrogen-bond donors (Lipinski definition) is 0. The Labute approximate surface area is 96.7 Å². The van der Waals surface area contributed by atoms with Crippen LogP contribution < -0.4 is 0 Å². The average Bonchev–Trinajstić information content (AvgIpc) is 2.85. The zero-order valence-corrected chi connectivity index (χ0v) is 11.4. The van der Waals surface area contributed by atoms with Crippen molar-refractivity contribution in [3.8, 4) is 0 Å². The second kappa shape index (κ2) is 13.2. The van der Waals surface area contributed by atoms with Gasteiger partial charge in [0.15, 0.2) is 0 Å². The number of benzene rings is 1. The zero-order valence-electron chi connectivity index (χ0n) is 11.4. The van der Waals surface area contributed by atoms with Crippen LogP contribution in [0.4, 0.5) is 0 Å². The van der Waals surface area contributed by atoms with Gasteiger partial charge in [-0.25, -0.2) is 0 Å². The second-order valence-electron chi connectivity index (χ2n) is 2.62. The van der Waals surface area contributed by atoms with Gasteiger partial charge in [-0.05, 0) is 30.4 Å². The first-order valence-corrected chi connectivity index (χ1v) is 6.53. The minimum atomic E-state index is 1.30. The molecule has 0 atom stereocenters. The molecule has 1 aromatic rings. The van der Waals surface area contributed by atoms with Crippen LogP contribution in [0, 0.1) is 0 Å². The van der Waals surface area contributed by atoms with E-state index in [4.69, 9.17) is 0 Å². The summed E-state index contributed by atoms with van der Waals surface area (Å²) in [7, 11) is 0. The minimum absolute atomic E-state index is 1.30. The van der Waals surface area contributed by atoms with E-state index in [2.05, 4.69) is 24.3 Å². The third kappa shape index (κ3) is 6.33. The van der Waals surface area contributed by atoms with Crippen LogP contribution in [0.25, 0.3) is 0 Å². The van der Waals surface area contributed by atoms with Gasteiger partial charge < -0.3 is 0 Å². The van der Waals surface area contributed by atoms with Crippen molar-refractivity contribution in [2.24, 2.45) is 0 Å². The van der Waals surface area contributed by atoms with Crippen LogP contribution in [-0.4, -0.2) is 0 Å². The molecule has 1 aromatic carbocycles. The fourth-order valence-corrected chi connectivity index (χ4v) is 1.51. The van der Waals surface area contributed by atoms with Gasteiger partial charge in [0.25, 0.3) is 0 Å². The summed E-state index contributed by atoms with van der Waals surface area (Å²) in [6, 6.07) is 8.74. The quantitative estimate of drug-likeness (QED) is 0.546. The van der Waals surface area contributed by atoms with Crippen molar-refractivity contribution >= 4 is 0 Å². The van der Waals surface area contributed by atoms with Crippen molar-refractivity contribution in [2.45, 2.75) is 60.8 Å². The van der Waals surface area contributed by atoms with Gasteiger partial charge >= 0.3 is 0 Å². The molecular formula is C15H28. The van der Waals surface area contributed by atoms with Gasteiger partial charge in [-0.15, -0.1) is 0 Å². The molecule has 0 radical (unpaired) electrons. The summed E-state index contributed by atoms with van der Waals surface area (Å²) in [6.07, 6.45) is 3.96. The van der Waals surface area contributed by atoms with Gasteiger partial charge in [0, 0.05) is 0 Å². The lowest BCUT2D eigenvalue weighted by atomic mass is 10.1. The van der Waals surface area contributed by atoms with E-state index in [1.165, 1.54) is 19.3 Å². The molecular weight excluding hydrogens is 180 g/mol. The first-order valence-electron chi connectivity index (χ1n) is 6.53. The molecule has 0 N–H and O–H groups in total. The normalized spacial score (nSPS) is 10.5. The lowest BCUT2D eigenvalue weighted by Crippen LogP contribution is -1.77. The number of aryl methyl sites for hydroxylation is 2. The highest BCUT2D eigenvalue weighted by Gasteiger charge is 2.07. The predicted octanol–water partition coefficient (Wildman–Crippen LogP) is 5.25. The Hall–Kier alpha value is -0.780. The molecule has 0 aromatic heterocycles. The first-order chi connectivity index (χ1) is 7.47. The summed E-state index contributed by atoms with van der Waals surface area (Å²) >= 11 is 0. The van der Waals surface area contributed by atoms with E-state index < -0.39 is 0 Å². The monoisotopic (exact) mass is 208 g/mol. The number of rotatable bonds is 0. The Morgan fingerprint density at radius 3 is 1.33 bits per heavy atom. The van der Waals surface area contributed by atoms with Crippen molar-refractivity contribution in [3.05, 3.63) is 35.4 Å². The lowest BCUT2D eigenvalue weighted by Gasteiger charge is -1.93. The van der Waals surface area contributed by atoms with Gasteiger partial charge in [0.2, 0.25) is 0 Å². The highest BCUT2D eigenvalue weighted by Crippen LogP contribution is 2.20. The molecule has 88 valence electrons. The molecule has 0 bridgehead atoms. The smallest absolute Gasteiger partial charge is 0.0273 e. The van der Waals surface area contributed by atoms with Gasteiger partial charge in [-0.1, -0.05) is 65.8 Å². The highest BCUT2D eigenvalue weighted by molar-refractivity contribution is 5.30. The van der Waals surface area contributed by atoms with Crippen LogP contribution in [0.3, 0.4) is 0 Å². The lowest BCUT2D eigenvalue weighted by molar-refractivity contribution is 0.912. The topological polar surface area (TPSA) is 0 Å². The third-order valence-electron chi connectivity index (χ3n) is 2.01. The molecule has 0 spiro atoms. The summed E-state index contributed by atoms with van der Waals surface area (Å²) in [5.41, 5.74) is 3.13. The van der Waals surface area contributed by atoms with Crippen molar-refractivity contribution in [3.63, 3.8) is 0 Å². The van der Waals surface area contributed by atoms with Crippen LogP contribution in [0.1, 0.15) is 59.1 Å². The molecule has 15 heavy (non-hydrogen) atoms. The molecule has 0 heterocycles. The molecule has 0 fully saturated rings. The van der Waals surface area contributed by atoms with Crippen molar-refractivity contribution < 1.29 is 0 Å². The molecule has 1 aliphatic carbocycles. The van der Waals surface area contributed by atoms with Gasteiger partial charge in [0.1, 0.15) is 0 Å². The van der Waals surface area contributed by atoms with E-state index in [1.54, 1.807) is 11.1 Å². The molecule has 1 aliphatic rings. The van der Waals surface area contributed by atoms with Gasteiger partial charge in [-0.2, -0.15) is 0 Å². The first kappa shape index (κ1) is 16.6. The van der Waals surface area contributed by atoms with Crippen LogP contribution in [0.5, 0.6) is 0 Å². The Balaban J connectivity index is 0. The van der Waals surface area contributed by atoms with Crippen molar-refractivity contribution in [1.29, 1.82) is 0 Å². The van der Waals surface area contributed by atoms with E-state index in [0.717, 1.165) is 0 Å². The van der Waals surface area contributed by atoms with E-state index in [-0.39, 0.29) is 0 Å². The Kier molecular flexibility index (Phi) is 14.7. The predicted molar refractivity (Wildman–Crippen MR) is 72.5 cm³/mol. The fraction of sp³-hybridized carbons (Fsp3) is 0.600. The van der Waals surface area contributed by atoms with E-state index in [9.17, 15) is 0 Å². The standard InChI is InChI=1S/C9H10.3C2H6/c1-2-5-9-7-3-6-8(9)4-1;3*1-2/h1-2,4-5H,3,6-7H2;3*1-2H3. The minimum Gasteiger partial charge on any atom is -0.0683 e. The van der Waals surface area contributed by atoms with E-state index in [0.29, 0.717) is 0 Å². The largest absolute Gasteiger partial charge is 0.0683 e. The van der Waals surface area contributed by atoms with Crippen LogP contribution >= 0.6 is 0 Å². The molecule has 0 saturated carbocycles. The van der Waals surface area contributed by atoms with Gasteiger partial charge in [-0.3, -0.25) is 0 Å². The molecule has 0 heteroatoms. The molecule has 0 nitrogen and oxygen atoms in total. The molecule has 0 aliphatic heterocycles. The maximum absolute atomic E-state index is 2.24. The van der Waals surface area contributed by atoms with Crippen molar-refractivity contribution in [1.82, 2.24) is 0 Å². The maximum atomic E-state index is 2.24. The molecule has 2 rings (SSSR count). The maximum Gasteiger partial charge on any atom is -0.0273 e. The molecule has 0 saturated heterocycles. The van der Waals surface area contributed by atoms with Crippen molar-refractivity contribution in [2.75, 3.05) is 0 Å². The van der Waals surface area contributed by atoms with Crippen LogP contribution in [-0.2, 0) is 12.8 Å². The van der Waals surface area contributed by atoms with Crippen LogP contribution in [0.15, 0.2) is 24.3 Å². The van der Waals surface area contributed by atoms with Gasteiger partial charge in [0.05, 0.1) is 0 Å². The molecule has 0 unspecified atom stereocenters. The summed E-state index contributed by atoms with van der Waals surface area (Å²) in [5.74, 6) is 0. The number of hydrogen-bond acceptors (Lipinski definition) is 0. The number of fused-ring (bicyclic) bond motifs is 1. The fourth-order valence-electron chi connectivity index (χ4n) is 1.51. The zero-order chi connectivity index (χ0) is 12.1. The Morgan fingerprint density at radius 2 is 1.00 bits per heavy atom. The summed E-state index contributed by atoms with van der Waals surface area (Å²) in [5, 5.41) is 0. The van der Waals surface area contributed by atoms with Crippen LogP contribution in [0.2, 0.25) is 0 Å². The van der Waals surface area contributed by atoms with E-state index in [1.807, 2.05) is 41.5 Å². The summed E-state index contributed by atoms with van der Waals surface area (Å²) in [6.45, 7) is 12.0. The third-order valence-corrected chi connectivity index (χ3v) is 2.01. The highest BCUT2D eigenvalue weighted by atomic mass is 14.1. The Morgan fingerprint density at radius 1 is 0.667 bits per heavy atom. The molecule has 0 amide bonds. The Bertz CT molecular complexity index is 190. The van der Waals surface area contributed by atoms with E-state index >= 15 is 0 Å². The average molecular weight is 208 g/mol.